The van der Waals surface area contributed by atoms with Crippen LogP contribution in [-0.2, 0) is 16.0 Å². The molecule has 1 aliphatic heterocycles. The van der Waals surface area contributed by atoms with Gasteiger partial charge in [0, 0.05) is 13.5 Å². The van der Waals surface area contributed by atoms with Gasteiger partial charge in [-0.3, -0.25) is 9.59 Å². The molecule has 0 aliphatic carbocycles. The van der Waals surface area contributed by atoms with E-state index in [0.717, 1.165) is 23.2 Å². The maximum atomic E-state index is 11.8. The lowest BCUT2D eigenvalue weighted by molar-refractivity contribution is -0.137. The quantitative estimate of drug-likeness (QED) is 0.909. The summed E-state index contributed by atoms with van der Waals surface area (Å²) in [6, 6.07) is 5.92. The second-order valence-electron chi connectivity index (χ2n) is 4.96. The van der Waals surface area contributed by atoms with Crippen molar-refractivity contribution in [1.82, 2.24) is 0 Å². The highest BCUT2D eigenvalue weighted by Gasteiger charge is 2.29. The van der Waals surface area contributed by atoms with E-state index in [9.17, 15) is 9.59 Å². The van der Waals surface area contributed by atoms with E-state index in [-0.39, 0.29) is 18.2 Å². The van der Waals surface area contributed by atoms with E-state index in [0.29, 0.717) is 13.0 Å². The van der Waals surface area contributed by atoms with Gasteiger partial charge in [-0.1, -0.05) is 25.1 Å². The summed E-state index contributed by atoms with van der Waals surface area (Å²) >= 11 is 0. The first-order valence-electron chi connectivity index (χ1n) is 6.66. The zero-order chi connectivity index (χ0) is 14.0. The molecular weight excluding hydrogens is 242 g/mol. The number of nitrogens with zero attached hydrogens (tertiary/aromatic N) is 1. The van der Waals surface area contributed by atoms with E-state index in [2.05, 4.69) is 6.92 Å². The molecule has 2 rings (SSSR count). The zero-order valence-corrected chi connectivity index (χ0v) is 11.3. The number of amides is 1. The second kappa shape index (κ2) is 5.43. The van der Waals surface area contributed by atoms with Gasteiger partial charge in [0.1, 0.15) is 0 Å². The van der Waals surface area contributed by atoms with Crippen LogP contribution >= 0.6 is 0 Å². The van der Waals surface area contributed by atoms with Gasteiger partial charge in [0.15, 0.2) is 0 Å². The number of rotatable bonds is 3. The fraction of sp³-hybridized carbons (Fsp3) is 0.467. The predicted octanol–water partition coefficient (Wildman–Crippen LogP) is 2.56. The van der Waals surface area contributed by atoms with Gasteiger partial charge in [-0.05, 0) is 29.9 Å². The molecule has 0 radical (unpaired) electrons. The SMILES string of the molecule is CCc1cccc2c1N(C(C)=O)CCC2CC(=O)O. The number of fused-ring (bicyclic) bond motifs is 1. The van der Waals surface area contributed by atoms with Crippen molar-refractivity contribution in [2.45, 2.75) is 39.0 Å². The Bertz CT molecular complexity index is 510. The van der Waals surface area contributed by atoms with E-state index in [4.69, 9.17) is 5.11 Å². The highest BCUT2D eigenvalue weighted by molar-refractivity contribution is 5.94. The molecule has 4 heteroatoms. The zero-order valence-electron chi connectivity index (χ0n) is 11.3. The molecule has 1 aliphatic rings. The fourth-order valence-electron chi connectivity index (χ4n) is 2.85. The summed E-state index contributed by atoms with van der Waals surface area (Å²) < 4.78 is 0. The molecule has 0 spiro atoms. The van der Waals surface area contributed by atoms with Crippen molar-refractivity contribution in [2.75, 3.05) is 11.4 Å². The van der Waals surface area contributed by atoms with Crippen molar-refractivity contribution in [1.29, 1.82) is 0 Å². The van der Waals surface area contributed by atoms with Gasteiger partial charge in [-0.15, -0.1) is 0 Å². The minimum absolute atomic E-state index is 0.00889. The third-order valence-corrected chi connectivity index (χ3v) is 3.74. The van der Waals surface area contributed by atoms with Crippen LogP contribution in [0.15, 0.2) is 18.2 Å². The Morgan fingerprint density at radius 1 is 1.42 bits per heavy atom. The third-order valence-electron chi connectivity index (χ3n) is 3.74. The van der Waals surface area contributed by atoms with Crippen molar-refractivity contribution >= 4 is 17.6 Å². The van der Waals surface area contributed by atoms with Gasteiger partial charge in [-0.25, -0.2) is 0 Å². The largest absolute Gasteiger partial charge is 0.481 e. The molecule has 1 N–H and O–H groups in total. The molecule has 0 aromatic heterocycles. The highest BCUT2D eigenvalue weighted by Crippen LogP contribution is 2.39. The van der Waals surface area contributed by atoms with Gasteiger partial charge in [0.2, 0.25) is 5.91 Å². The standard InChI is InChI=1S/C15H19NO3/c1-3-11-5-4-6-13-12(9-14(18)19)7-8-16(10(2)17)15(11)13/h4-6,12H,3,7-9H2,1-2H3,(H,18,19). The van der Waals surface area contributed by atoms with Crippen molar-refractivity contribution in [3.63, 3.8) is 0 Å². The van der Waals surface area contributed by atoms with Crippen molar-refractivity contribution < 1.29 is 14.7 Å². The summed E-state index contributed by atoms with van der Waals surface area (Å²) in [5.74, 6) is -0.750. The van der Waals surface area contributed by atoms with E-state index in [1.54, 1.807) is 11.8 Å². The number of aliphatic carboxylic acids is 1. The van der Waals surface area contributed by atoms with Crippen LogP contribution in [0.3, 0.4) is 0 Å². The molecule has 0 saturated carbocycles. The van der Waals surface area contributed by atoms with Crippen LogP contribution in [0.25, 0.3) is 0 Å². The summed E-state index contributed by atoms with van der Waals surface area (Å²) in [7, 11) is 0. The molecule has 0 saturated heterocycles. The average Bonchev–Trinajstić information content (AvgIpc) is 2.37. The van der Waals surface area contributed by atoms with Gasteiger partial charge in [0.05, 0.1) is 12.1 Å². The first kappa shape index (κ1) is 13.6. The number of carboxylic acids is 1. The van der Waals surface area contributed by atoms with Crippen LogP contribution in [0.4, 0.5) is 5.69 Å². The number of anilines is 1. The predicted molar refractivity (Wildman–Crippen MR) is 73.5 cm³/mol. The van der Waals surface area contributed by atoms with Gasteiger partial charge < -0.3 is 10.0 Å². The van der Waals surface area contributed by atoms with Crippen LogP contribution in [-0.4, -0.2) is 23.5 Å². The number of aryl methyl sites for hydroxylation is 1. The first-order valence-corrected chi connectivity index (χ1v) is 6.66. The average molecular weight is 261 g/mol. The second-order valence-corrected chi connectivity index (χ2v) is 4.96. The molecular formula is C15H19NO3. The number of hydrogen-bond acceptors (Lipinski definition) is 2. The Balaban J connectivity index is 2.49. The molecule has 1 amide bonds. The monoisotopic (exact) mass is 261 g/mol. The van der Waals surface area contributed by atoms with E-state index in [1.165, 1.54) is 0 Å². The van der Waals surface area contributed by atoms with Crippen LogP contribution in [0.1, 0.15) is 43.7 Å². The number of para-hydroxylation sites is 1. The van der Waals surface area contributed by atoms with Crippen LogP contribution in [0, 0.1) is 0 Å². The van der Waals surface area contributed by atoms with Crippen molar-refractivity contribution in [2.24, 2.45) is 0 Å². The lowest BCUT2D eigenvalue weighted by Crippen LogP contribution is -2.36. The van der Waals surface area contributed by atoms with E-state index < -0.39 is 5.97 Å². The lowest BCUT2D eigenvalue weighted by atomic mass is 9.85. The number of hydrogen-bond donors (Lipinski definition) is 1. The number of benzene rings is 1. The topological polar surface area (TPSA) is 57.6 Å². The molecule has 1 unspecified atom stereocenters. The maximum Gasteiger partial charge on any atom is 0.303 e. The Hall–Kier alpha value is -1.84. The van der Waals surface area contributed by atoms with Gasteiger partial charge in [0.25, 0.3) is 0 Å². The molecule has 19 heavy (non-hydrogen) atoms. The summed E-state index contributed by atoms with van der Waals surface area (Å²) in [5.41, 5.74) is 3.06. The molecule has 0 fully saturated rings. The lowest BCUT2D eigenvalue weighted by Gasteiger charge is -2.35. The minimum Gasteiger partial charge on any atom is -0.481 e. The normalized spacial score (nSPS) is 18.0. The smallest absolute Gasteiger partial charge is 0.303 e. The maximum absolute atomic E-state index is 11.8. The molecule has 1 aromatic rings. The van der Waals surface area contributed by atoms with Crippen molar-refractivity contribution in [3.8, 4) is 0 Å². The Labute approximate surface area is 113 Å². The van der Waals surface area contributed by atoms with Crippen LogP contribution in [0.2, 0.25) is 0 Å². The van der Waals surface area contributed by atoms with Gasteiger partial charge >= 0.3 is 5.97 Å². The number of carboxylic acid groups (broad SMARTS) is 1. The number of carbonyl (C=O) groups is 2. The summed E-state index contributed by atoms with van der Waals surface area (Å²) in [6.45, 7) is 4.22. The first-order chi connectivity index (χ1) is 9.04. The Kier molecular flexibility index (Phi) is 3.88. The molecule has 0 bridgehead atoms. The summed E-state index contributed by atoms with van der Waals surface area (Å²) in [5, 5.41) is 9.01. The highest BCUT2D eigenvalue weighted by atomic mass is 16.4. The molecule has 4 nitrogen and oxygen atoms in total. The molecule has 1 atom stereocenters. The van der Waals surface area contributed by atoms with E-state index in [1.807, 2.05) is 18.2 Å². The third kappa shape index (κ3) is 2.62. The molecule has 1 aromatic carbocycles. The summed E-state index contributed by atoms with van der Waals surface area (Å²) in [4.78, 5) is 24.5. The molecule has 1 heterocycles. The molecule has 102 valence electrons. The number of carbonyl (C=O) groups excluding carboxylic acids is 1. The minimum atomic E-state index is -0.783. The van der Waals surface area contributed by atoms with Crippen LogP contribution < -0.4 is 4.90 Å². The van der Waals surface area contributed by atoms with Crippen molar-refractivity contribution in [3.05, 3.63) is 29.3 Å². The summed E-state index contributed by atoms with van der Waals surface area (Å²) in [6.07, 6.45) is 1.69. The fourth-order valence-corrected chi connectivity index (χ4v) is 2.85. The van der Waals surface area contributed by atoms with Gasteiger partial charge in [-0.2, -0.15) is 0 Å². The Morgan fingerprint density at radius 2 is 2.16 bits per heavy atom. The van der Waals surface area contributed by atoms with Crippen LogP contribution in [0.5, 0.6) is 0 Å². The Morgan fingerprint density at radius 3 is 2.74 bits per heavy atom. The van der Waals surface area contributed by atoms with E-state index >= 15 is 0 Å².